The normalized spacial score (nSPS) is 17.1. The van der Waals surface area contributed by atoms with Crippen LogP contribution in [0.4, 0.5) is 0 Å². The van der Waals surface area contributed by atoms with Gasteiger partial charge in [0.1, 0.15) is 12.0 Å². The van der Waals surface area contributed by atoms with Crippen molar-refractivity contribution < 1.29 is 14.3 Å². The molecule has 1 fully saturated rings. The average Bonchev–Trinajstić information content (AvgIpc) is 2.81. The topological polar surface area (TPSA) is 46.6 Å². The van der Waals surface area contributed by atoms with Gasteiger partial charge < -0.3 is 9.64 Å². The molecule has 4 nitrogen and oxygen atoms in total. The number of nitrogens with zero attached hydrogens (tertiary/aromatic N) is 1. The Hall–Kier alpha value is -1.28. The van der Waals surface area contributed by atoms with E-state index >= 15 is 0 Å². The van der Waals surface area contributed by atoms with Gasteiger partial charge in [-0.1, -0.05) is 110 Å². The first kappa shape index (κ1) is 32.7. The molecule has 1 heterocycles. The molecule has 0 spiro atoms. The van der Waals surface area contributed by atoms with Gasteiger partial charge in [-0.15, -0.1) is 0 Å². The number of allylic oxidation sites excluding steroid dienone is 1. The molecule has 0 aromatic carbocycles. The molecule has 36 heavy (non-hydrogen) atoms. The highest BCUT2D eigenvalue weighted by molar-refractivity contribution is 5.69. The Labute approximate surface area is 224 Å². The molecule has 1 aliphatic heterocycles. The van der Waals surface area contributed by atoms with Gasteiger partial charge >= 0.3 is 5.97 Å². The standard InChI is InChI=1S/C32H59NO3/c1-7-9-10-11-12-13-14-15-16-17-18-19-20-21-22-23-24-28(27-34)33-31(3,4)25-29(26-32(33,5)6)36-30(35)8-2/h29H,7-26H2,1-6H3. The predicted octanol–water partition coefficient (Wildman–Crippen LogP) is 9.33. The molecule has 0 atom stereocenters. The molecule has 0 N–H and O–H groups in total. The molecule has 1 saturated heterocycles. The molecule has 0 aromatic heterocycles. The molecular weight excluding hydrogens is 446 g/mol. The highest BCUT2D eigenvalue weighted by atomic mass is 16.5. The van der Waals surface area contributed by atoms with Crippen LogP contribution in [0.5, 0.6) is 0 Å². The number of rotatable bonds is 20. The van der Waals surface area contributed by atoms with Crippen LogP contribution in [0.15, 0.2) is 5.70 Å². The fourth-order valence-electron chi connectivity index (χ4n) is 6.32. The van der Waals surface area contributed by atoms with Crippen molar-refractivity contribution in [3.8, 4) is 0 Å². The lowest BCUT2D eigenvalue weighted by Crippen LogP contribution is -2.61. The first-order chi connectivity index (χ1) is 17.2. The highest BCUT2D eigenvalue weighted by Crippen LogP contribution is 2.42. The third kappa shape index (κ3) is 12.8. The third-order valence-electron chi connectivity index (χ3n) is 7.91. The summed E-state index contributed by atoms with van der Waals surface area (Å²) in [7, 11) is 0. The van der Waals surface area contributed by atoms with Crippen molar-refractivity contribution in [2.24, 2.45) is 0 Å². The Morgan fingerprint density at radius 2 is 1.11 bits per heavy atom. The van der Waals surface area contributed by atoms with Gasteiger partial charge in [0.05, 0.1) is 5.70 Å². The zero-order valence-corrected chi connectivity index (χ0v) is 24.9. The monoisotopic (exact) mass is 505 g/mol. The highest BCUT2D eigenvalue weighted by Gasteiger charge is 2.47. The number of carbonyl (C=O) groups excluding carboxylic acids is 2. The van der Waals surface area contributed by atoms with Crippen molar-refractivity contribution in [3.05, 3.63) is 5.70 Å². The van der Waals surface area contributed by atoms with Crippen LogP contribution in [0.3, 0.4) is 0 Å². The van der Waals surface area contributed by atoms with Crippen LogP contribution in [0.2, 0.25) is 0 Å². The molecule has 1 aliphatic rings. The molecule has 0 bridgehead atoms. The number of ether oxygens (including phenoxy) is 1. The summed E-state index contributed by atoms with van der Waals surface area (Å²) in [6.07, 6.45) is 24.2. The van der Waals surface area contributed by atoms with Gasteiger partial charge in [0.2, 0.25) is 0 Å². The minimum absolute atomic E-state index is 0.0952. The van der Waals surface area contributed by atoms with E-state index in [1.807, 2.05) is 6.92 Å². The Balaban J connectivity index is 2.21. The van der Waals surface area contributed by atoms with E-state index < -0.39 is 0 Å². The van der Waals surface area contributed by atoms with Crippen molar-refractivity contribution in [1.82, 2.24) is 4.90 Å². The number of hydrogen-bond donors (Lipinski definition) is 0. The Kier molecular flexibility index (Phi) is 16.4. The maximum absolute atomic E-state index is 12.0. The van der Waals surface area contributed by atoms with Crippen LogP contribution in [0, 0.1) is 0 Å². The Bertz CT molecular complexity index is 630. The van der Waals surface area contributed by atoms with E-state index in [0.29, 0.717) is 6.42 Å². The quantitative estimate of drug-likeness (QED) is 0.0939. The van der Waals surface area contributed by atoms with E-state index in [9.17, 15) is 9.59 Å². The van der Waals surface area contributed by atoms with Crippen LogP contribution in [0.1, 0.15) is 170 Å². The van der Waals surface area contributed by atoms with Crippen molar-refractivity contribution in [2.75, 3.05) is 0 Å². The van der Waals surface area contributed by atoms with Crippen LogP contribution < -0.4 is 0 Å². The molecule has 0 aromatic rings. The molecule has 210 valence electrons. The molecule has 0 unspecified atom stereocenters. The average molecular weight is 506 g/mol. The Morgan fingerprint density at radius 1 is 0.722 bits per heavy atom. The van der Waals surface area contributed by atoms with Crippen molar-refractivity contribution >= 4 is 11.9 Å². The number of piperidine rings is 1. The van der Waals surface area contributed by atoms with E-state index in [4.69, 9.17) is 4.74 Å². The van der Waals surface area contributed by atoms with Crippen LogP contribution in [-0.2, 0) is 14.3 Å². The van der Waals surface area contributed by atoms with E-state index in [2.05, 4.69) is 45.5 Å². The number of hydrogen-bond acceptors (Lipinski definition) is 4. The van der Waals surface area contributed by atoms with E-state index in [1.54, 1.807) is 0 Å². The van der Waals surface area contributed by atoms with Gasteiger partial charge in [0.15, 0.2) is 0 Å². The molecule has 0 radical (unpaired) electrons. The smallest absolute Gasteiger partial charge is 0.305 e. The zero-order chi connectivity index (χ0) is 26.9. The lowest BCUT2D eigenvalue weighted by molar-refractivity contribution is -0.157. The molecular formula is C32H59NO3. The summed E-state index contributed by atoms with van der Waals surface area (Å²) in [6, 6.07) is 0. The molecule has 4 heteroatoms. The minimum Gasteiger partial charge on any atom is -0.462 e. The maximum atomic E-state index is 12.0. The second kappa shape index (κ2) is 18.1. The minimum atomic E-state index is -0.248. The van der Waals surface area contributed by atoms with Gasteiger partial charge in [-0.2, -0.15) is 0 Å². The van der Waals surface area contributed by atoms with Crippen molar-refractivity contribution in [3.63, 3.8) is 0 Å². The SMILES string of the molecule is CCCCCCCCCCCCCCCCCCC(=C=O)N1C(C)(C)CC(OC(=O)CC)CC1(C)C. The summed E-state index contributed by atoms with van der Waals surface area (Å²) in [6.45, 7) is 12.7. The second-order valence-electron chi connectivity index (χ2n) is 12.4. The summed E-state index contributed by atoms with van der Waals surface area (Å²) < 4.78 is 5.69. The first-order valence-electron chi connectivity index (χ1n) is 15.4. The van der Waals surface area contributed by atoms with Crippen LogP contribution >= 0.6 is 0 Å². The van der Waals surface area contributed by atoms with Gasteiger partial charge in [-0.3, -0.25) is 4.79 Å². The fraction of sp³-hybridized carbons (Fsp3) is 0.906. The van der Waals surface area contributed by atoms with E-state index in [1.165, 1.54) is 96.3 Å². The lowest BCUT2D eigenvalue weighted by atomic mass is 9.77. The van der Waals surface area contributed by atoms with E-state index in [0.717, 1.165) is 31.4 Å². The van der Waals surface area contributed by atoms with Crippen LogP contribution in [0.25, 0.3) is 0 Å². The predicted molar refractivity (Wildman–Crippen MR) is 153 cm³/mol. The summed E-state index contributed by atoms with van der Waals surface area (Å²) in [5.74, 6) is 2.15. The summed E-state index contributed by atoms with van der Waals surface area (Å²) in [5, 5.41) is 0. The summed E-state index contributed by atoms with van der Waals surface area (Å²) >= 11 is 0. The van der Waals surface area contributed by atoms with Crippen molar-refractivity contribution in [2.45, 2.75) is 187 Å². The third-order valence-corrected chi connectivity index (χ3v) is 7.91. The molecule has 0 amide bonds. The second-order valence-corrected chi connectivity index (χ2v) is 12.4. The fourth-order valence-corrected chi connectivity index (χ4v) is 6.32. The summed E-state index contributed by atoms with van der Waals surface area (Å²) in [5.41, 5.74) is 0.292. The maximum Gasteiger partial charge on any atom is 0.305 e. The van der Waals surface area contributed by atoms with E-state index in [-0.39, 0.29) is 23.2 Å². The largest absolute Gasteiger partial charge is 0.462 e. The number of likely N-dealkylation sites (tertiary alicyclic amines) is 1. The number of carbonyl (C=O) groups is 1. The number of unbranched alkanes of at least 4 members (excludes halogenated alkanes) is 15. The molecule has 0 aliphatic carbocycles. The summed E-state index contributed by atoms with van der Waals surface area (Å²) in [4.78, 5) is 26.1. The van der Waals surface area contributed by atoms with Crippen LogP contribution in [-0.4, -0.2) is 34.0 Å². The van der Waals surface area contributed by atoms with Gasteiger partial charge in [0, 0.05) is 30.3 Å². The zero-order valence-electron chi connectivity index (χ0n) is 24.9. The van der Waals surface area contributed by atoms with Gasteiger partial charge in [0.25, 0.3) is 0 Å². The molecule has 0 saturated carbocycles. The Morgan fingerprint density at radius 3 is 1.47 bits per heavy atom. The lowest BCUT2D eigenvalue weighted by Gasteiger charge is -2.56. The van der Waals surface area contributed by atoms with Crippen molar-refractivity contribution in [1.29, 1.82) is 0 Å². The first-order valence-corrected chi connectivity index (χ1v) is 15.4. The van der Waals surface area contributed by atoms with Gasteiger partial charge in [-0.05, 0) is 40.5 Å². The number of esters is 1. The molecule has 1 rings (SSSR count). The van der Waals surface area contributed by atoms with Gasteiger partial charge in [-0.25, -0.2) is 4.79 Å².